The summed E-state index contributed by atoms with van der Waals surface area (Å²) < 4.78 is 0. The maximum atomic E-state index is 11.1. The van der Waals surface area contributed by atoms with Crippen molar-refractivity contribution in [2.45, 2.75) is 12.8 Å². The van der Waals surface area contributed by atoms with E-state index in [-0.39, 0.29) is 0 Å². The van der Waals surface area contributed by atoms with Gasteiger partial charge in [-0.2, -0.15) is 0 Å². The molecule has 0 atom stereocenters. The molecule has 0 saturated heterocycles. The highest BCUT2D eigenvalue weighted by Crippen LogP contribution is 2.18. The third-order valence-electron chi connectivity index (χ3n) is 2.07. The number of nitrogens with one attached hydrogen (secondary N) is 1. The number of fused-ring (bicyclic) bond motifs is 1. The summed E-state index contributed by atoms with van der Waals surface area (Å²) in [4.78, 5) is 11.9. The Kier molecular flexibility index (Phi) is 1.78. The van der Waals surface area contributed by atoms with Crippen LogP contribution in [0.15, 0.2) is 24.3 Å². The zero-order valence-corrected chi connectivity index (χ0v) is 6.79. The van der Waals surface area contributed by atoms with Crippen molar-refractivity contribution in [1.29, 1.82) is 0 Å². The van der Waals surface area contributed by atoms with Gasteiger partial charge in [0, 0.05) is 6.42 Å². The molecule has 0 unspecified atom stereocenters. The fourth-order valence-corrected chi connectivity index (χ4v) is 1.45. The van der Waals surface area contributed by atoms with Crippen molar-refractivity contribution >= 4 is 5.69 Å². The van der Waals surface area contributed by atoms with Crippen molar-refractivity contribution in [3.8, 4) is 0 Å². The molecule has 0 amide bonds. The van der Waals surface area contributed by atoms with E-state index in [0.29, 0.717) is 6.54 Å². The summed E-state index contributed by atoms with van der Waals surface area (Å²) in [6.07, 6.45) is 1.91. The molecular formula is C9H11N2O+. The van der Waals surface area contributed by atoms with Gasteiger partial charge in [0.25, 0.3) is 0 Å². The van der Waals surface area contributed by atoms with E-state index in [9.17, 15) is 4.91 Å². The number of anilines is 1. The fourth-order valence-electron chi connectivity index (χ4n) is 1.45. The second-order valence-electron chi connectivity index (χ2n) is 2.97. The van der Waals surface area contributed by atoms with Crippen molar-refractivity contribution in [2.24, 2.45) is 0 Å². The van der Waals surface area contributed by atoms with Crippen molar-refractivity contribution in [3.05, 3.63) is 34.7 Å². The van der Waals surface area contributed by atoms with Gasteiger partial charge in [-0.3, -0.25) is 0 Å². The third-order valence-corrected chi connectivity index (χ3v) is 2.07. The smallest absolute Gasteiger partial charge is 0.120 e. The second-order valence-corrected chi connectivity index (χ2v) is 2.97. The van der Waals surface area contributed by atoms with E-state index in [2.05, 4.69) is 11.5 Å². The molecule has 0 aliphatic carbocycles. The number of para-hydroxylation sites is 1. The molecule has 1 N–H and O–H groups in total. The molecule has 12 heavy (non-hydrogen) atoms. The quantitative estimate of drug-likeness (QED) is 0.591. The van der Waals surface area contributed by atoms with E-state index in [1.54, 1.807) is 0 Å². The summed E-state index contributed by atoms with van der Waals surface area (Å²) in [7, 11) is 0. The van der Waals surface area contributed by atoms with Crippen LogP contribution >= 0.6 is 0 Å². The molecule has 1 aromatic rings. The van der Waals surface area contributed by atoms with Gasteiger partial charge in [0.2, 0.25) is 6.54 Å². The third kappa shape index (κ3) is 1.30. The van der Waals surface area contributed by atoms with Crippen LogP contribution in [0.3, 0.4) is 0 Å². The molecule has 0 radical (unpaired) electrons. The maximum Gasteiger partial charge on any atom is 0.225 e. The van der Waals surface area contributed by atoms with E-state index in [1.165, 1.54) is 5.56 Å². The van der Waals surface area contributed by atoms with Crippen LogP contribution in [0.5, 0.6) is 0 Å². The molecule has 0 bridgehead atoms. The molecule has 3 heteroatoms. The van der Waals surface area contributed by atoms with E-state index in [0.717, 1.165) is 23.4 Å². The molecule has 3 nitrogen and oxygen atoms in total. The first-order chi connectivity index (χ1) is 5.86. The highest BCUT2D eigenvalue weighted by molar-refractivity contribution is 5.49. The number of nitrogens with zero attached hydrogens (tertiary/aromatic N) is 1. The van der Waals surface area contributed by atoms with Crippen molar-refractivity contribution in [2.75, 3.05) is 12.0 Å². The minimum absolute atomic E-state index is 0.564. The van der Waals surface area contributed by atoms with Gasteiger partial charge in [0.15, 0.2) is 0 Å². The Morgan fingerprint density at radius 3 is 3.08 bits per heavy atom. The van der Waals surface area contributed by atoms with E-state index >= 15 is 0 Å². The van der Waals surface area contributed by atoms with Crippen LogP contribution in [-0.2, 0) is 6.42 Å². The molecule has 0 aromatic heterocycles. The number of nitroso groups, excluding NO2 is 1. The number of hydrazine groups is 1. The van der Waals surface area contributed by atoms with Crippen molar-refractivity contribution in [3.63, 3.8) is 0 Å². The summed E-state index contributed by atoms with van der Waals surface area (Å²) in [6, 6.07) is 7.93. The Bertz CT molecular complexity index is 309. The summed E-state index contributed by atoms with van der Waals surface area (Å²) in [5, 5.41) is 0. The fraction of sp³-hybridized carbons (Fsp3) is 0.333. The lowest BCUT2D eigenvalue weighted by Crippen LogP contribution is -2.15. The molecular weight excluding hydrogens is 152 g/mol. The Balaban J connectivity index is 2.37. The van der Waals surface area contributed by atoms with Crippen LogP contribution in [0.2, 0.25) is 0 Å². The van der Waals surface area contributed by atoms with Crippen molar-refractivity contribution in [1.82, 2.24) is 0 Å². The molecule has 0 fully saturated rings. The summed E-state index contributed by atoms with van der Waals surface area (Å²) in [5.74, 6) is 0. The van der Waals surface area contributed by atoms with E-state index in [1.807, 2.05) is 18.2 Å². The molecule has 2 rings (SSSR count). The first-order valence-corrected chi connectivity index (χ1v) is 4.15. The Morgan fingerprint density at radius 2 is 2.17 bits per heavy atom. The lowest BCUT2D eigenvalue weighted by molar-refractivity contribution is -0.517. The zero-order valence-electron chi connectivity index (χ0n) is 6.79. The first kappa shape index (κ1) is 7.28. The van der Waals surface area contributed by atoms with Crippen molar-refractivity contribution < 1.29 is 4.87 Å². The highest BCUT2D eigenvalue weighted by Gasteiger charge is 2.16. The predicted molar refractivity (Wildman–Crippen MR) is 46.9 cm³/mol. The summed E-state index contributed by atoms with van der Waals surface area (Å²) in [5.41, 5.74) is 4.98. The maximum absolute atomic E-state index is 11.1. The zero-order chi connectivity index (χ0) is 8.39. The standard InChI is InChI=1S/C9H11N2O/c12-11-7-3-5-8-4-1-2-6-9(8)10-11/h1-2,4,6H,3,5,7H2,(H,10,12)/q+1. The van der Waals surface area contributed by atoms with Crippen LogP contribution in [0.25, 0.3) is 0 Å². The van der Waals surface area contributed by atoms with Crippen LogP contribution < -0.4 is 5.43 Å². The molecule has 1 aromatic carbocycles. The molecule has 1 aliphatic rings. The van der Waals surface area contributed by atoms with Gasteiger partial charge in [0.05, 0.1) is 4.91 Å². The summed E-state index contributed by atoms with van der Waals surface area (Å²) in [6.45, 7) is 0.564. The Hall–Kier alpha value is -1.38. The van der Waals surface area contributed by atoms with Crippen LogP contribution in [0.1, 0.15) is 12.0 Å². The molecule has 1 aliphatic heterocycles. The van der Waals surface area contributed by atoms with Gasteiger partial charge in [-0.05, 0) is 18.1 Å². The first-order valence-electron chi connectivity index (χ1n) is 4.15. The SMILES string of the molecule is O=[N+]1CCCc2ccccc2N1. The molecule has 0 saturated carbocycles. The van der Waals surface area contributed by atoms with Crippen LogP contribution in [0.4, 0.5) is 5.69 Å². The van der Waals surface area contributed by atoms with Gasteiger partial charge < -0.3 is 0 Å². The number of rotatable bonds is 0. The number of hydrogen-bond acceptors (Lipinski definition) is 1. The van der Waals surface area contributed by atoms with Gasteiger partial charge in [-0.25, -0.2) is 0 Å². The highest BCUT2D eigenvalue weighted by atomic mass is 16.3. The summed E-state index contributed by atoms with van der Waals surface area (Å²) >= 11 is 0. The lowest BCUT2D eigenvalue weighted by Gasteiger charge is -1.99. The van der Waals surface area contributed by atoms with E-state index < -0.39 is 0 Å². The lowest BCUT2D eigenvalue weighted by atomic mass is 10.1. The minimum Gasteiger partial charge on any atom is -0.120 e. The predicted octanol–water partition coefficient (Wildman–Crippen LogP) is 1.74. The van der Waals surface area contributed by atoms with Gasteiger partial charge in [0.1, 0.15) is 10.6 Å². The Labute approximate surface area is 70.9 Å². The number of benzene rings is 1. The largest absolute Gasteiger partial charge is 0.225 e. The van der Waals surface area contributed by atoms with Gasteiger partial charge in [-0.1, -0.05) is 18.2 Å². The molecule has 62 valence electrons. The minimum atomic E-state index is 0.564. The van der Waals surface area contributed by atoms with E-state index in [4.69, 9.17) is 0 Å². The van der Waals surface area contributed by atoms with Gasteiger partial charge in [-0.15, -0.1) is 5.43 Å². The van der Waals surface area contributed by atoms with Crippen LogP contribution in [-0.4, -0.2) is 11.4 Å². The monoisotopic (exact) mass is 163 g/mol. The normalized spacial score (nSPS) is 16.2. The van der Waals surface area contributed by atoms with Crippen LogP contribution in [0, 0.1) is 4.91 Å². The number of aryl methyl sites for hydroxylation is 1. The Morgan fingerprint density at radius 1 is 1.33 bits per heavy atom. The van der Waals surface area contributed by atoms with Gasteiger partial charge >= 0.3 is 0 Å². The molecule has 1 heterocycles. The second kappa shape index (κ2) is 2.93. The topological polar surface area (TPSA) is 32.1 Å². The average molecular weight is 163 g/mol. The molecule has 0 spiro atoms. The average Bonchev–Trinajstić information content (AvgIpc) is 2.25. The number of hydrogen-bond donors (Lipinski definition) is 1.